The van der Waals surface area contributed by atoms with Gasteiger partial charge in [0.2, 0.25) is 0 Å². The van der Waals surface area contributed by atoms with E-state index in [2.05, 4.69) is 52.1 Å². The van der Waals surface area contributed by atoms with Crippen LogP contribution in [0.3, 0.4) is 0 Å². The van der Waals surface area contributed by atoms with E-state index in [0.717, 1.165) is 34.6 Å². The molecule has 0 spiro atoms. The van der Waals surface area contributed by atoms with E-state index in [4.69, 9.17) is 0 Å². The number of aromatic nitrogens is 2. The highest BCUT2D eigenvalue weighted by Crippen LogP contribution is 2.32. The van der Waals surface area contributed by atoms with Gasteiger partial charge < -0.3 is 4.57 Å². The highest BCUT2D eigenvalue weighted by Gasteiger charge is 2.20. The molecule has 0 saturated heterocycles. The van der Waals surface area contributed by atoms with Gasteiger partial charge >= 0.3 is 0 Å². The first-order valence-corrected chi connectivity index (χ1v) is 12.7. The second kappa shape index (κ2) is 8.37. The Labute approximate surface area is 191 Å². The molecule has 4 aromatic rings. The van der Waals surface area contributed by atoms with E-state index < -0.39 is 15.7 Å². The first-order chi connectivity index (χ1) is 15.1. The van der Waals surface area contributed by atoms with E-state index in [1.165, 1.54) is 29.0 Å². The fourth-order valence-electron chi connectivity index (χ4n) is 3.71. The maximum atomic E-state index is 12.8. The molecule has 0 atom stereocenters. The van der Waals surface area contributed by atoms with Gasteiger partial charge in [-0.25, -0.2) is 13.4 Å². The molecule has 2 aromatic heterocycles. The zero-order valence-corrected chi connectivity index (χ0v) is 19.8. The van der Waals surface area contributed by atoms with Crippen molar-refractivity contribution in [3.8, 4) is 16.9 Å². The summed E-state index contributed by atoms with van der Waals surface area (Å²) in [5, 5.41) is 5.04. The van der Waals surface area contributed by atoms with Gasteiger partial charge in [0.05, 0.1) is 16.2 Å². The van der Waals surface area contributed by atoms with Crippen molar-refractivity contribution in [3.05, 3.63) is 82.5 Å². The molecule has 8 heteroatoms. The van der Waals surface area contributed by atoms with Crippen LogP contribution < -0.4 is 5.32 Å². The van der Waals surface area contributed by atoms with E-state index in [0.29, 0.717) is 5.13 Å². The third-order valence-corrected chi connectivity index (χ3v) is 7.17. The molecule has 0 bridgehead atoms. The summed E-state index contributed by atoms with van der Waals surface area (Å²) in [5.41, 5.74) is 6.26. The molecule has 6 nitrogen and oxygen atoms in total. The van der Waals surface area contributed by atoms with E-state index in [-0.39, 0.29) is 10.5 Å². The van der Waals surface area contributed by atoms with Gasteiger partial charge in [0.25, 0.3) is 5.91 Å². The van der Waals surface area contributed by atoms with Gasteiger partial charge in [-0.1, -0.05) is 29.8 Å². The Kier molecular flexibility index (Phi) is 5.75. The standard InChI is InChI=1S/C24H23N3O3S2/c1-15-9-11-18(12-10-15)27-16(2)13-20(17(27)3)21-14-31-24(25-21)26-23(28)19-7-5-6-8-22(19)32(4,29)30/h5-14H,1-4H3,(H,25,26,28). The van der Waals surface area contributed by atoms with E-state index in [9.17, 15) is 13.2 Å². The van der Waals surface area contributed by atoms with Crippen molar-refractivity contribution in [2.45, 2.75) is 25.7 Å². The van der Waals surface area contributed by atoms with Gasteiger partial charge in [-0.05, 0) is 51.1 Å². The average molecular weight is 466 g/mol. The fourth-order valence-corrected chi connectivity index (χ4v) is 5.30. The Morgan fingerprint density at radius 1 is 1.03 bits per heavy atom. The van der Waals surface area contributed by atoms with Crippen molar-refractivity contribution in [2.75, 3.05) is 11.6 Å². The monoisotopic (exact) mass is 465 g/mol. The van der Waals surface area contributed by atoms with Crippen LogP contribution in [0.25, 0.3) is 16.9 Å². The van der Waals surface area contributed by atoms with Crippen LogP contribution in [0.1, 0.15) is 27.3 Å². The molecular formula is C24H23N3O3S2. The summed E-state index contributed by atoms with van der Waals surface area (Å²) in [7, 11) is -3.53. The predicted molar refractivity (Wildman–Crippen MR) is 129 cm³/mol. The van der Waals surface area contributed by atoms with Crippen LogP contribution in [0, 0.1) is 20.8 Å². The first kappa shape index (κ1) is 22.0. The van der Waals surface area contributed by atoms with E-state index in [1.54, 1.807) is 12.1 Å². The lowest BCUT2D eigenvalue weighted by Crippen LogP contribution is -2.15. The minimum absolute atomic E-state index is 0.00377. The summed E-state index contributed by atoms with van der Waals surface area (Å²) < 4.78 is 26.2. The van der Waals surface area contributed by atoms with Crippen molar-refractivity contribution in [2.24, 2.45) is 0 Å². The van der Waals surface area contributed by atoms with Gasteiger partial charge in [-0.3, -0.25) is 10.1 Å². The summed E-state index contributed by atoms with van der Waals surface area (Å²) in [6.45, 7) is 6.15. The highest BCUT2D eigenvalue weighted by atomic mass is 32.2. The Hall–Kier alpha value is -3.23. The molecular weight excluding hydrogens is 442 g/mol. The Balaban J connectivity index is 1.63. The lowest BCUT2D eigenvalue weighted by atomic mass is 10.2. The molecule has 32 heavy (non-hydrogen) atoms. The van der Waals surface area contributed by atoms with Crippen molar-refractivity contribution < 1.29 is 13.2 Å². The van der Waals surface area contributed by atoms with Crippen LogP contribution in [0.5, 0.6) is 0 Å². The Bertz CT molecular complexity index is 1420. The molecule has 0 aliphatic rings. The zero-order valence-electron chi connectivity index (χ0n) is 18.2. The second-order valence-electron chi connectivity index (χ2n) is 7.72. The van der Waals surface area contributed by atoms with Gasteiger partial charge in [0, 0.05) is 34.3 Å². The van der Waals surface area contributed by atoms with Crippen LogP contribution in [-0.4, -0.2) is 30.1 Å². The SMILES string of the molecule is Cc1ccc(-n2c(C)cc(-c3csc(NC(=O)c4ccccc4S(C)(=O)=O)n3)c2C)cc1. The van der Waals surface area contributed by atoms with Gasteiger partial charge in [-0.2, -0.15) is 0 Å². The van der Waals surface area contributed by atoms with Crippen molar-refractivity contribution >= 4 is 32.2 Å². The lowest BCUT2D eigenvalue weighted by Gasteiger charge is -2.10. The third-order valence-electron chi connectivity index (χ3n) is 5.26. The molecule has 2 aromatic carbocycles. The molecule has 0 fully saturated rings. The van der Waals surface area contributed by atoms with Crippen LogP contribution in [0.15, 0.2) is 64.9 Å². The summed E-state index contributed by atoms with van der Waals surface area (Å²) in [4.78, 5) is 17.3. The van der Waals surface area contributed by atoms with Crippen molar-refractivity contribution in [3.63, 3.8) is 0 Å². The van der Waals surface area contributed by atoms with Crippen LogP contribution in [-0.2, 0) is 9.84 Å². The largest absolute Gasteiger partial charge is 0.318 e. The van der Waals surface area contributed by atoms with Gasteiger partial charge in [0.1, 0.15) is 0 Å². The number of carbonyl (C=O) groups is 1. The molecule has 4 rings (SSSR count). The maximum Gasteiger partial charge on any atom is 0.258 e. The van der Waals surface area contributed by atoms with Crippen LogP contribution >= 0.6 is 11.3 Å². The molecule has 2 heterocycles. The summed E-state index contributed by atoms with van der Waals surface area (Å²) >= 11 is 1.30. The van der Waals surface area contributed by atoms with E-state index in [1.807, 2.05) is 19.2 Å². The van der Waals surface area contributed by atoms with E-state index >= 15 is 0 Å². The topological polar surface area (TPSA) is 81.1 Å². The van der Waals surface area contributed by atoms with Crippen molar-refractivity contribution in [1.82, 2.24) is 9.55 Å². The van der Waals surface area contributed by atoms with Gasteiger partial charge in [0.15, 0.2) is 15.0 Å². The maximum absolute atomic E-state index is 12.8. The molecule has 0 radical (unpaired) electrons. The summed E-state index contributed by atoms with van der Waals surface area (Å²) in [5.74, 6) is -0.503. The number of amides is 1. The highest BCUT2D eigenvalue weighted by molar-refractivity contribution is 7.90. The zero-order chi connectivity index (χ0) is 23.0. The summed E-state index contributed by atoms with van der Waals surface area (Å²) in [6.07, 6.45) is 1.09. The number of sulfone groups is 1. The molecule has 1 N–H and O–H groups in total. The number of carbonyl (C=O) groups excluding carboxylic acids is 1. The van der Waals surface area contributed by atoms with Crippen molar-refractivity contribution in [1.29, 1.82) is 0 Å². The normalized spacial score (nSPS) is 11.5. The number of benzene rings is 2. The number of thiazole rings is 1. The molecule has 0 unspecified atom stereocenters. The molecule has 164 valence electrons. The van der Waals surface area contributed by atoms with Gasteiger partial charge in [-0.15, -0.1) is 11.3 Å². The minimum Gasteiger partial charge on any atom is -0.318 e. The number of anilines is 1. The fraction of sp³-hybridized carbons (Fsp3) is 0.167. The number of hydrogen-bond acceptors (Lipinski definition) is 5. The minimum atomic E-state index is -3.53. The van der Waals surface area contributed by atoms with Crippen LogP contribution in [0.4, 0.5) is 5.13 Å². The second-order valence-corrected chi connectivity index (χ2v) is 10.6. The first-order valence-electron chi connectivity index (χ1n) is 9.97. The number of aryl methyl sites for hydroxylation is 2. The Morgan fingerprint density at radius 3 is 2.41 bits per heavy atom. The summed E-state index contributed by atoms with van der Waals surface area (Å²) in [6, 6.07) is 16.6. The number of nitrogens with one attached hydrogen (secondary N) is 1. The smallest absolute Gasteiger partial charge is 0.258 e. The molecule has 0 saturated carbocycles. The lowest BCUT2D eigenvalue weighted by molar-refractivity contribution is 0.102. The quantitative estimate of drug-likeness (QED) is 0.440. The molecule has 0 aliphatic carbocycles. The Morgan fingerprint density at radius 2 is 1.72 bits per heavy atom. The number of hydrogen-bond donors (Lipinski definition) is 1. The number of rotatable bonds is 5. The van der Waals surface area contributed by atoms with Crippen LogP contribution in [0.2, 0.25) is 0 Å². The predicted octanol–water partition coefficient (Wildman–Crippen LogP) is 5.18. The third kappa shape index (κ3) is 4.24. The molecule has 0 aliphatic heterocycles. The molecule has 1 amide bonds. The number of nitrogens with zero attached hydrogens (tertiary/aromatic N) is 2. The average Bonchev–Trinajstić information content (AvgIpc) is 3.32.